The van der Waals surface area contributed by atoms with E-state index in [1.54, 1.807) is 37.5 Å². The van der Waals surface area contributed by atoms with Gasteiger partial charge in [0.05, 0.1) is 20.7 Å². The number of fused-ring (bicyclic) bond motifs is 1. The lowest BCUT2D eigenvalue weighted by molar-refractivity contribution is -0.122. The lowest BCUT2D eigenvalue weighted by Crippen LogP contribution is -2.54. The maximum absolute atomic E-state index is 13.0. The summed E-state index contributed by atoms with van der Waals surface area (Å²) in [5, 5.41) is 16.7. The van der Waals surface area contributed by atoms with Gasteiger partial charge in [-0.3, -0.25) is 19.9 Å². The van der Waals surface area contributed by atoms with Crippen LogP contribution in [0.4, 0.5) is 4.79 Å². The van der Waals surface area contributed by atoms with Crippen LogP contribution in [0.5, 0.6) is 5.75 Å². The normalized spacial score (nSPS) is 18.8. The van der Waals surface area contributed by atoms with Gasteiger partial charge in [-0.2, -0.15) is 4.80 Å². The van der Waals surface area contributed by atoms with E-state index in [2.05, 4.69) is 42.9 Å². The van der Waals surface area contributed by atoms with Crippen molar-refractivity contribution in [1.82, 2.24) is 40.7 Å². The van der Waals surface area contributed by atoms with Crippen LogP contribution in [0, 0.1) is 11.8 Å². The molecule has 12 heteroatoms. The van der Waals surface area contributed by atoms with E-state index in [1.165, 1.54) is 23.0 Å². The lowest BCUT2D eigenvalue weighted by Gasteiger charge is -2.26. The Morgan fingerprint density at radius 3 is 2.76 bits per heavy atom. The zero-order valence-corrected chi connectivity index (χ0v) is 18.2. The zero-order chi connectivity index (χ0) is 23.9. The van der Waals surface area contributed by atoms with E-state index in [0.717, 1.165) is 5.56 Å². The molecule has 4 heterocycles. The van der Waals surface area contributed by atoms with E-state index in [1.807, 2.05) is 0 Å². The molecule has 34 heavy (non-hydrogen) atoms. The Balaban J connectivity index is 1.45. The lowest BCUT2D eigenvalue weighted by atomic mass is 9.99. The molecule has 0 radical (unpaired) electrons. The Kier molecular flexibility index (Phi) is 4.94. The second-order valence-corrected chi connectivity index (χ2v) is 7.81. The standard InChI is InChI=1S/C22H18N8O4/c1-29-27-18(26-28-29)15-7-13(9-23-10-15)5-6-22(20(32)24-21(33)25-22)12-30-11-14-3-4-16(34-2)8-17(14)19(30)31/h3-4,7-10H,11-12H2,1-2H3,(H2,24,25,32,33)/t22-/m1/s1. The maximum Gasteiger partial charge on any atom is 0.323 e. The molecule has 4 amide bonds. The third kappa shape index (κ3) is 3.69. The average Bonchev–Trinajstić information content (AvgIpc) is 3.48. The minimum Gasteiger partial charge on any atom is -0.497 e. The number of ether oxygens (including phenoxy) is 1. The van der Waals surface area contributed by atoms with E-state index in [0.29, 0.717) is 28.3 Å². The van der Waals surface area contributed by atoms with Crippen molar-refractivity contribution in [2.45, 2.75) is 12.1 Å². The Labute approximate surface area is 193 Å². The Morgan fingerprint density at radius 2 is 2.06 bits per heavy atom. The number of nitrogens with zero attached hydrogens (tertiary/aromatic N) is 6. The van der Waals surface area contributed by atoms with E-state index < -0.39 is 17.5 Å². The van der Waals surface area contributed by atoms with Crippen molar-refractivity contribution in [2.24, 2.45) is 7.05 Å². The molecule has 5 rings (SSSR count). The summed E-state index contributed by atoms with van der Waals surface area (Å²) in [6, 6.07) is 6.24. The van der Waals surface area contributed by atoms with Gasteiger partial charge in [-0.25, -0.2) is 4.79 Å². The smallest absolute Gasteiger partial charge is 0.323 e. The van der Waals surface area contributed by atoms with Crippen LogP contribution in [0.2, 0.25) is 0 Å². The fourth-order valence-corrected chi connectivity index (χ4v) is 3.82. The number of rotatable bonds is 4. The number of imide groups is 1. The number of aryl methyl sites for hydroxylation is 1. The van der Waals surface area contributed by atoms with Crippen LogP contribution >= 0.6 is 0 Å². The number of hydrogen-bond donors (Lipinski definition) is 2. The highest BCUT2D eigenvalue weighted by Gasteiger charge is 2.48. The minimum atomic E-state index is -1.63. The van der Waals surface area contributed by atoms with Crippen molar-refractivity contribution in [3.05, 3.63) is 53.3 Å². The summed E-state index contributed by atoms with van der Waals surface area (Å²) >= 11 is 0. The number of aromatic nitrogens is 5. The summed E-state index contributed by atoms with van der Waals surface area (Å²) in [6.07, 6.45) is 3.08. The predicted octanol–water partition coefficient (Wildman–Crippen LogP) is -0.134. The molecule has 3 aromatic rings. The second-order valence-electron chi connectivity index (χ2n) is 7.81. The molecule has 2 aliphatic heterocycles. The number of hydrogen-bond acceptors (Lipinski definition) is 8. The first-order valence-corrected chi connectivity index (χ1v) is 10.2. The Morgan fingerprint density at radius 1 is 1.21 bits per heavy atom. The molecule has 2 aliphatic rings. The molecule has 0 unspecified atom stereocenters. The van der Waals surface area contributed by atoms with Crippen LogP contribution in [0.25, 0.3) is 11.4 Å². The zero-order valence-electron chi connectivity index (χ0n) is 18.2. The number of carbonyl (C=O) groups is 3. The van der Waals surface area contributed by atoms with Crippen LogP contribution in [0.3, 0.4) is 0 Å². The summed E-state index contributed by atoms with van der Waals surface area (Å²) in [7, 11) is 3.17. The molecule has 2 N–H and O–H groups in total. The molecule has 1 saturated heterocycles. The Hall–Kier alpha value is -4.79. The second kappa shape index (κ2) is 7.96. The van der Waals surface area contributed by atoms with Gasteiger partial charge >= 0.3 is 6.03 Å². The van der Waals surface area contributed by atoms with Crippen molar-refractivity contribution >= 4 is 17.8 Å². The minimum absolute atomic E-state index is 0.133. The van der Waals surface area contributed by atoms with Gasteiger partial charge in [0.25, 0.3) is 11.8 Å². The highest BCUT2D eigenvalue weighted by atomic mass is 16.5. The topological polar surface area (TPSA) is 144 Å². The van der Waals surface area contributed by atoms with Crippen LogP contribution in [-0.4, -0.2) is 67.1 Å². The van der Waals surface area contributed by atoms with E-state index in [-0.39, 0.29) is 19.0 Å². The molecule has 1 aromatic carbocycles. The molecule has 0 aliphatic carbocycles. The molecular weight excluding hydrogens is 440 g/mol. The van der Waals surface area contributed by atoms with E-state index in [4.69, 9.17) is 4.74 Å². The van der Waals surface area contributed by atoms with Crippen molar-refractivity contribution < 1.29 is 19.1 Å². The van der Waals surface area contributed by atoms with E-state index in [9.17, 15) is 14.4 Å². The number of tetrazole rings is 1. The van der Waals surface area contributed by atoms with Gasteiger partial charge in [-0.15, -0.1) is 10.2 Å². The summed E-state index contributed by atoms with van der Waals surface area (Å²) in [6.45, 7) is 0.145. The largest absolute Gasteiger partial charge is 0.497 e. The number of amides is 4. The van der Waals surface area contributed by atoms with Crippen molar-refractivity contribution in [2.75, 3.05) is 13.7 Å². The van der Waals surface area contributed by atoms with Gasteiger partial charge in [0.15, 0.2) is 0 Å². The van der Waals surface area contributed by atoms with Gasteiger partial charge in [0.1, 0.15) is 5.75 Å². The summed E-state index contributed by atoms with van der Waals surface area (Å²) in [5.41, 5.74) is 0.722. The van der Waals surface area contributed by atoms with E-state index >= 15 is 0 Å². The summed E-state index contributed by atoms with van der Waals surface area (Å²) in [4.78, 5) is 44.7. The van der Waals surface area contributed by atoms with Crippen LogP contribution in [0.1, 0.15) is 21.5 Å². The predicted molar refractivity (Wildman–Crippen MR) is 116 cm³/mol. The molecule has 0 spiro atoms. The van der Waals surface area contributed by atoms with Crippen LogP contribution < -0.4 is 15.4 Å². The van der Waals surface area contributed by atoms with Crippen molar-refractivity contribution in [3.8, 4) is 29.0 Å². The van der Waals surface area contributed by atoms with Crippen molar-refractivity contribution in [3.63, 3.8) is 0 Å². The van der Waals surface area contributed by atoms with Crippen LogP contribution in [-0.2, 0) is 18.4 Å². The highest BCUT2D eigenvalue weighted by Crippen LogP contribution is 2.28. The molecular formula is C22H18N8O4. The number of urea groups is 1. The van der Waals surface area contributed by atoms with Gasteiger partial charge in [0, 0.05) is 35.6 Å². The van der Waals surface area contributed by atoms with Crippen LogP contribution in [0.15, 0.2) is 36.7 Å². The van der Waals surface area contributed by atoms with Gasteiger partial charge in [0.2, 0.25) is 11.4 Å². The SMILES string of the molecule is COc1ccc2c(c1)C(=O)N(C[C@@]1(C#Cc3cncc(-c4nnn(C)n4)c3)NC(=O)NC1=O)C2. The molecule has 170 valence electrons. The highest BCUT2D eigenvalue weighted by molar-refractivity contribution is 6.10. The molecule has 0 saturated carbocycles. The monoisotopic (exact) mass is 458 g/mol. The average molecular weight is 458 g/mol. The number of carbonyl (C=O) groups excluding carboxylic acids is 3. The first-order chi connectivity index (χ1) is 16.4. The molecule has 0 bridgehead atoms. The number of nitrogens with one attached hydrogen (secondary N) is 2. The number of benzene rings is 1. The summed E-state index contributed by atoms with van der Waals surface area (Å²) < 4.78 is 5.20. The fourth-order valence-electron chi connectivity index (χ4n) is 3.82. The quantitative estimate of drug-likeness (QED) is 0.406. The third-order valence-electron chi connectivity index (χ3n) is 5.49. The van der Waals surface area contributed by atoms with Crippen molar-refractivity contribution in [1.29, 1.82) is 0 Å². The molecule has 12 nitrogen and oxygen atoms in total. The fraction of sp³-hybridized carbons (Fsp3) is 0.227. The van der Waals surface area contributed by atoms with Gasteiger partial charge < -0.3 is 15.0 Å². The third-order valence-corrected chi connectivity index (χ3v) is 5.49. The molecule has 1 fully saturated rings. The van der Waals surface area contributed by atoms with Gasteiger partial charge in [-0.1, -0.05) is 17.9 Å². The van der Waals surface area contributed by atoms with Gasteiger partial charge in [-0.05, 0) is 29.0 Å². The molecule has 1 atom stereocenters. The summed E-state index contributed by atoms with van der Waals surface area (Å²) in [5.74, 6) is 5.77. The first-order valence-electron chi connectivity index (χ1n) is 10.2. The number of pyridine rings is 1. The maximum atomic E-state index is 13.0. The Bertz CT molecular complexity index is 1410. The number of methoxy groups -OCH3 is 1. The molecule has 2 aromatic heterocycles. The first kappa shape index (κ1) is 21.1.